The van der Waals surface area contributed by atoms with E-state index in [2.05, 4.69) is 5.32 Å². The largest absolute Gasteiger partial charge is 0.466 e. The SMILES string of the molecule is CC(=O)OC[C@@H]1CCNC1. The molecule has 0 aromatic rings. The molecule has 0 amide bonds. The number of carbonyl (C=O) groups is 1. The minimum Gasteiger partial charge on any atom is -0.466 e. The minimum atomic E-state index is -0.174. The topological polar surface area (TPSA) is 38.3 Å². The van der Waals surface area contributed by atoms with E-state index >= 15 is 0 Å². The van der Waals surface area contributed by atoms with E-state index < -0.39 is 0 Å². The molecule has 10 heavy (non-hydrogen) atoms. The van der Waals surface area contributed by atoms with Crippen molar-refractivity contribution < 1.29 is 9.53 Å². The van der Waals surface area contributed by atoms with Gasteiger partial charge in [0.1, 0.15) is 0 Å². The van der Waals surface area contributed by atoms with Gasteiger partial charge in [-0.1, -0.05) is 0 Å². The summed E-state index contributed by atoms with van der Waals surface area (Å²) in [6, 6.07) is 0. The van der Waals surface area contributed by atoms with E-state index in [0.717, 1.165) is 19.5 Å². The first kappa shape index (κ1) is 7.54. The number of esters is 1. The molecule has 0 bridgehead atoms. The lowest BCUT2D eigenvalue weighted by Gasteiger charge is -2.06. The van der Waals surface area contributed by atoms with Crippen LogP contribution in [0.3, 0.4) is 0 Å². The highest BCUT2D eigenvalue weighted by Crippen LogP contribution is 2.06. The van der Waals surface area contributed by atoms with Crippen molar-refractivity contribution in [3.63, 3.8) is 0 Å². The fourth-order valence-corrected chi connectivity index (χ4v) is 1.09. The molecule has 1 aliphatic heterocycles. The van der Waals surface area contributed by atoms with Gasteiger partial charge in [-0.15, -0.1) is 0 Å². The number of nitrogens with one attached hydrogen (secondary N) is 1. The molecule has 3 nitrogen and oxygen atoms in total. The van der Waals surface area contributed by atoms with Gasteiger partial charge < -0.3 is 10.1 Å². The van der Waals surface area contributed by atoms with E-state index in [1.54, 1.807) is 0 Å². The fourth-order valence-electron chi connectivity index (χ4n) is 1.09. The summed E-state index contributed by atoms with van der Waals surface area (Å²) in [4.78, 5) is 10.4. The predicted molar refractivity (Wildman–Crippen MR) is 37.6 cm³/mol. The van der Waals surface area contributed by atoms with Gasteiger partial charge >= 0.3 is 5.97 Å². The second-order valence-electron chi connectivity index (χ2n) is 2.66. The highest BCUT2D eigenvalue weighted by Gasteiger charge is 2.14. The predicted octanol–water partition coefficient (Wildman–Crippen LogP) is 0.159. The Balaban J connectivity index is 2.07. The molecule has 1 fully saturated rings. The van der Waals surface area contributed by atoms with Crippen molar-refractivity contribution in [2.75, 3.05) is 19.7 Å². The van der Waals surface area contributed by atoms with Crippen molar-refractivity contribution in [3.05, 3.63) is 0 Å². The van der Waals surface area contributed by atoms with Crippen molar-refractivity contribution in [1.82, 2.24) is 5.32 Å². The summed E-state index contributed by atoms with van der Waals surface area (Å²) in [5, 5.41) is 3.20. The molecule has 1 heterocycles. The van der Waals surface area contributed by atoms with Gasteiger partial charge in [0.05, 0.1) is 6.61 Å². The first-order chi connectivity index (χ1) is 4.79. The molecule has 0 aromatic heterocycles. The molecule has 3 heteroatoms. The van der Waals surface area contributed by atoms with E-state index in [-0.39, 0.29) is 5.97 Å². The number of ether oxygens (including phenoxy) is 1. The van der Waals surface area contributed by atoms with Crippen molar-refractivity contribution in [1.29, 1.82) is 0 Å². The molecule has 0 saturated carbocycles. The van der Waals surface area contributed by atoms with Crippen LogP contribution in [0.4, 0.5) is 0 Å². The zero-order valence-corrected chi connectivity index (χ0v) is 6.22. The third-order valence-electron chi connectivity index (χ3n) is 1.68. The minimum absolute atomic E-state index is 0.174. The zero-order chi connectivity index (χ0) is 7.40. The molecule has 0 aromatic carbocycles. The first-order valence-corrected chi connectivity index (χ1v) is 3.63. The molecule has 1 N–H and O–H groups in total. The highest BCUT2D eigenvalue weighted by molar-refractivity contribution is 5.65. The number of carbonyl (C=O) groups excluding carboxylic acids is 1. The van der Waals surface area contributed by atoms with Crippen LogP contribution in [0.25, 0.3) is 0 Å². The summed E-state index contributed by atoms with van der Waals surface area (Å²) in [5.41, 5.74) is 0. The maximum atomic E-state index is 10.4. The van der Waals surface area contributed by atoms with Crippen molar-refractivity contribution >= 4 is 5.97 Å². The van der Waals surface area contributed by atoms with Crippen LogP contribution in [0.15, 0.2) is 0 Å². The van der Waals surface area contributed by atoms with E-state index in [1.165, 1.54) is 6.92 Å². The van der Waals surface area contributed by atoms with Crippen LogP contribution in [-0.4, -0.2) is 25.7 Å². The average Bonchev–Trinajstić information content (AvgIpc) is 2.34. The Kier molecular flexibility index (Phi) is 2.68. The van der Waals surface area contributed by atoms with Crippen LogP contribution in [-0.2, 0) is 9.53 Å². The molecular formula is C7H13NO2. The number of hydrogen-bond donors (Lipinski definition) is 1. The third-order valence-corrected chi connectivity index (χ3v) is 1.68. The van der Waals surface area contributed by atoms with E-state index in [1.807, 2.05) is 0 Å². The lowest BCUT2D eigenvalue weighted by atomic mass is 10.1. The average molecular weight is 143 g/mol. The van der Waals surface area contributed by atoms with Gasteiger partial charge in [0, 0.05) is 19.4 Å². The number of rotatable bonds is 2. The van der Waals surface area contributed by atoms with Gasteiger partial charge in [0.2, 0.25) is 0 Å². The Labute approximate surface area is 60.7 Å². The summed E-state index contributed by atoms with van der Waals surface area (Å²) in [5.74, 6) is 0.371. The first-order valence-electron chi connectivity index (χ1n) is 3.63. The standard InChI is InChI=1S/C7H13NO2/c1-6(9)10-5-7-2-3-8-4-7/h7-8H,2-5H2,1H3/t7-/m1/s1. The van der Waals surface area contributed by atoms with E-state index in [9.17, 15) is 4.79 Å². The second kappa shape index (κ2) is 3.56. The third kappa shape index (κ3) is 2.35. The van der Waals surface area contributed by atoms with Crippen LogP contribution in [0, 0.1) is 5.92 Å². The summed E-state index contributed by atoms with van der Waals surface area (Å²) in [6.07, 6.45) is 1.13. The molecular weight excluding hydrogens is 130 g/mol. The second-order valence-corrected chi connectivity index (χ2v) is 2.66. The zero-order valence-electron chi connectivity index (χ0n) is 6.22. The Morgan fingerprint density at radius 2 is 2.60 bits per heavy atom. The maximum Gasteiger partial charge on any atom is 0.302 e. The van der Waals surface area contributed by atoms with Crippen molar-refractivity contribution in [2.24, 2.45) is 5.92 Å². The summed E-state index contributed by atoms with van der Waals surface area (Å²) >= 11 is 0. The maximum absolute atomic E-state index is 10.4. The molecule has 0 spiro atoms. The molecule has 0 radical (unpaired) electrons. The molecule has 0 unspecified atom stereocenters. The summed E-state index contributed by atoms with van der Waals surface area (Å²) in [6.45, 7) is 4.09. The van der Waals surface area contributed by atoms with Gasteiger partial charge in [-0.05, 0) is 13.0 Å². The van der Waals surface area contributed by atoms with Gasteiger partial charge in [-0.3, -0.25) is 4.79 Å². The van der Waals surface area contributed by atoms with Crippen LogP contribution in [0.5, 0.6) is 0 Å². The number of hydrogen-bond acceptors (Lipinski definition) is 3. The normalized spacial score (nSPS) is 24.7. The lowest BCUT2D eigenvalue weighted by molar-refractivity contribution is -0.142. The van der Waals surface area contributed by atoms with Crippen LogP contribution >= 0.6 is 0 Å². The van der Waals surface area contributed by atoms with Gasteiger partial charge in [0.25, 0.3) is 0 Å². The molecule has 58 valence electrons. The highest BCUT2D eigenvalue weighted by atomic mass is 16.5. The van der Waals surface area contributed by atoms with Gasteiger partial charge in [-0.2, -0.15) is 0 Å². The quantitative estimate of drug-likeness (QED) is 0.559. The van der Waals surface area contributed by atoms with Gasteiger partial charge in [0.15, 0.2) is 0 Å². The lowest BCUT2D eigenvalue weighted by Crippen LogP contribution is -2.15. The molecule has 1 atom stereocenters. The van der Waals surface area contributed by atoms with Crippen LogP contribution in [0.1, 0.15) is 13.3 Å². The fraction of sp³-hybridized carbons (Fsp3) is 0.857. The van der Waals surface area contributed by atoms with E-state index in [4.69, 9.17) is 4.74 Å². The Morgan fingerprint density at radius 1 is 1.80 bits per heavy atom. The van der Waals surface area contributed by atoms with E-state index in [0.29, 0.717) is 12.5 Å². The molecule has 1 aliphatic rings. The molecule has 1 rings (SSSR count). The van der Waals surface area contributed by atoms with Crippen LogP contribution in [0.2, 0.25) is 0 Å². The Hall–Kier alpha value is -0.570. The monoisotopic (exact) mass is 143 g/mol. The van der Waals surface area contributed by atoms with Gasteiger partial charge in [-0.25, -0.2) is 0 Å². The van der Waals surface area contributed by atoms with Crippen molar-refractivity contribution in [3.8, 4) is 0 Å². The molecule has 0 aliphatic carbocycles. The Bertz CT molecular complexity index is 119. The molecule has 1 saturated heterocycles. The smallest absolute Gasteiger partial charge is 0.302 e. The summed E-state index contributed by atoms with van der Waals surface area (Å²) in [7, 11) is 0. The van der Waals surface area contributed by atoms with Crippen LogP contribution < -0.4 is 5.32 Å². The van der Waals surface area contributed by atoms with Crippen molar-refractivity contribution in [2.45, 2.75) is 13.3 Å². The Morgan fingerprint density at radius 3 is 3.10 bits per heavy atom. The summed E-state index contributed by atoms with van der Waals surface area (Å²) < 4.78 is 4.85.